The fourth-order valence-corrected chi connectivity index (χ4v) is 4.65. The fourth-order valence-electron chi connectivity index (χ4n) is 3.88. The van der Waals surface area contributed by atoms with Crippen LogP contribution in [0, 0.1) is 0 Å². The van der Waals surface area contributed by atoms with Crippen molar-refractivity contribution in [1.82, 2.24) is 15.4 Å². The summed E-state index contributed by atoms with van der Waals surface area (Å²) in [5.41, 5.74) is 4.93. The number of hydrazone groups is 1. The van der Waals surface area contributed by atoms with Gasteiger partial charge in [0, 0.05) is 5.56 Å². The van der Waals surface area contributed by atoms with Gasteiger partial charge in [0.25, 0.3) is 5.91 Å². The molecule has 2 aromatic heterocycles. The number of nitrogens with zero attached hydrogens (tertiary/aromatic N) is 2. The zero-order valence-electron chi connectivity index (χ0n) is 21.2. The molecule has 7 nitrogen and oxygen atoms in total. The number of para-hydroxylation sites is 2. The van der Waals surface area contributed by atoms with Crippen molar-refractivity contribution in [2.75, 3.05) is 6.61 Å². The topological polar surface area (TPSA) is 92.5 Å². The molecule has 0 aliphatic heterocycles. The monoisotopic (exact) mass is 518 g/mol. The van der Waals surface area contributed by atoms with Gasteiger partial charge in [-0.15, -0.1) is 0 Å². The number of hydrogen-bond donors (Lipinski definition) is 2. The van der Waals surface area contributed by atoms with Crippen LogP contribution in [0.4, 0.5) is 0 Å². The van der Waals surface area contributed by atoms with E-state index in [1.807, 2.05) is 42.5 Å². The van der Waals surface area contributed by atoms with Crippen LogP contribution < -0.4 is 10.2 Å². The van der Waals surface area contributed by atoms with Gasteiger partial charge in [0.2, 0.25) is 0 Å². The van der Waals surface area contributed by atoms with Crippen LogP contribution in [0.2, 0.25) is 0 Å². The van der Waals surface area contributed by atoms with E-state index in [2.05, 4.69) is 27.4 Å². The van der Waals surface area contributed by atoms with Crippen LogP contribution in [-0.4, -0.2) is 28.7 Å². The van der Waals surface area contributed by atoms with Crippen molar-refractivity contribution >= 4 is 34.9 Å². The number of aromatic amines is 1. The smallest absolute Gasteiger partial charge is 0.271 e. The normalized spacial score (nSPS) is 11.4. The van der Waals surface area contributed by atoms with E-state index in [4.69, 9.17) is 9.15 Å². The van der Waals surface area contributed by atoms with Crippen molar-refractivity contribution in [3.8, 4) is 5.75 Å². The second-order valence-corrected chi connectivity index (χ2v) is 9.86. The Bertz CT molecular complexity index is 1250. The maximum atomic E-state index is 12.4. The molecule has 0 bridgehead atoms. The Labute approximate surface area is 222 Å². The Kier molecular flexibility index (Phi) is 10.2. The summed E-state index contributed by atoms with van der Waals surface area (Å²) in [6.45, 7) is 2.94. The third-order valence-electron chi connectivity index (χ3n) is 5.91. The van der Waals surface area contributed by atoms with Crippen molar-refractivity contribution in [3.63, 3.8) is 0 Å². The Morgan fingerprint density at radius 3 is 2.54 bits per heavy atom. The molecule has 4 rings (SSSR count). The number of hydrogen-bond acceptors (Lipinski definition) is 6. The van der Waals surface area contributed by atoms with Crippen LogP contribution >= 0.6 is 11.8 Å². The molecule has 2 aromatic carbocycles. The van der Waals surface area contributed by atoms with E-state index in [1.54, 1.807) is 18.2 Å². The van der Waals surface area contributed by atoms with Gasteiger partial charge in [-0.2, -0.15) is 5.10 Å². The molecule has 194 valence electrons. The number of carbonyl (C=O) groups excluding carboxylic acids is 1. The first kappa shape index (κ1) is 26.5. The minimum absolute atomic E-state index is 0.297. The highest BCUT2D eigenvalue weighted by molar-refractivity contribution is 7.99. The van der Waals surface area contributed by atoms with Crippen LogP contribution in [0.25, 0.3) is 11.0 Å². The molecule has 37 heavy (non-hydrogen) atoms. The average Bonchev–Trinajstić information content (AvgIpc) is 3.54. The summed E-state index contributed by atoms with van der Waals surface area (Å²) in [7, 11) is 0. The lowest BCUT2D eigenvalue weighted by molar-refractivity contribution is 0.0955. The summed E-state index contributed by atoms with van der Waals surface area (Å²) < 4.78 is 11.6. The van der Waals surface area contributed by atoms with Gasteiger partial charge in [-0.1, -0.05) is 64.0 Å². The fraction of sp³-hybridized carbons (Fsp3) is 0.345. The Hall–Kier alpha value is -3.52. The van der Waals surface area contributed by atoms with Crippen LogP contribution in [0.1, 0.15) is 74.4 Å². The zero-order valence-corrected chi connectivity index (χ0v) is 22.1. The molecule has 0 atom stereocenters. The predicted octanol–water partition coefficient (Wildman–Crippen LogP) is 7.59. The van der Waals surface area contributed by atoms with Gasteiger partial charge in [-0.3, -0.25) is 4.79 Å². The molecule has 0 aliphatic carbocycles. The second-order valence-electron chi connectivity index (χ2n) is 8.86. The van der Waals surface area contributed by atoms with Gasteiger partial charge < -0.3 is 14.1 Å². The quantitative estimate of drug-likeness (QED) is 0.0961. The molecule has 2 N–H and O–H groups in total. The Morgan fingerprint density at radius 2 is 1.76 bits per heavy atom. The molecular formula is C29H34N4O3S. The number of benzene rings is 2. The van der Waals surface area contributed by atoms with Crippen molar-refractivity contribution in [3.05, 3.63) is 72.0 Å². The third-order valence-corrected chi connectivity index (χ3v) is 6.72. The van der Waals surface area contributed by atoms with Gasteiger partial charge in [-0.05, 0) is 66.7 Å². The van der Waals surface area contributed by atoms with E-state index >= 15 is 0 Å². The first-order valence-electron chi connectivity index (χ1n) is 13.0. The van der Waals surface area contributed by atoms with Gasteiger partial charge >= 0.3 is 0 Å². The molecule has 4 aromatic rings. The lowest BCUT2D eigenvalue weighted by Crippen LogP contribution is -2.17. The van der Waals surface area contributed by atoms with Crippen molar-refractivity contribution < 1.29 is 13.9 Å². The number of unbranched alkanes of at least 4 members (excludes halogenated alkanes) is 7. The molecule has 2 heterocycles. The SMILES string of the molecule is CCCCCCCCCCOc1ccc(C(=O)NN=Cc2ccc(Sc3nc4ccccc4[nH]3)o2)cc1. The largest absolute Gasteiger partial charge is 0.494 e. The van der Waals surface area contributed by atoms with Gasteiger partial charge in [0.1, 0.15) is 11.5 Å². The number of imidazole rings is 1. The van der Waals surface area contributed by atoms with Crippen LogP contribution in [0.5, 0.6) is 5.75 Å². The predicted molar refractivity (Wildman–Crippen MR) is 149 cm³/mol. The van der Waals surface area contributed by atoms with Crippen LogP contribution in [0.15, 0.2) is 80.4 Å². The lowest BCUT2D eigenvalue weighted by atomic mass is 10.1. The molecular weight excluding hydrogens is 484 g/mol. The van der Waals surface area contributed by atoms with Crippen molar-refractivity contribution in [2.24, 2.45) is 5.10 Å². The standard InChI is InChI=1S/C29H34N4O3S/c1-2-3-4-5-6-7-8-11-20-35-23-16-14-22(15-17-23)28(34)33-30-21-24-18-19-27(36-24)37-29-31-25-12-9-10-13-26(25)32-29/h9-10,12-19,21H,2-8,11,20H2,1H3,(H,31,32)(H,33,34). The third kappa shape index (κ3) is 8.53. The number of H-pyrrole nitrogens is 1. The highest BCUT2D eigenvalue weighted by Gasteiger charge is 2.08. The number of amides is 1. The molecule has 0 aliphatic rings. The average molecular weight is 519 g/mol. The zero-order chi connectivity index (χ0) is 25.7. The Balaban J connectivity index is 1.15. The van der Waals surface area contributed by atoms with E-state index in [0.717, 1.165) is 28.4 Å². The number of rotatable bonds is 15. The summed E-state index contributed by atoms with van der Waals surface area (Å²) in [6, 6.07) is 18.6. The van der Waals surface area contributed by atoms with Crippen molar-refractivity contribution in [1.29, 1.82) is 0 Å². The van der Waals surface area contributed by atoms with Crippen LogP contribution in [0.3, 0.4) is 0 Å². The molecule has 0 fully saturated rings. The summed E-state index contributed by atoms with van der Waals surface area (Å²) in [5.74, 6) is 1.01. The summed E-state index contributed by atoms with van der Waals surface area (Å²) in [5, 5.41) is 5.44. The maximum Gasteiger partial charge on any atom is 0.271 e. The van der Waals surface area contributed by atoms with E-state index in [1.165, 1.54) is 62.9 Å². The number of nitrogens with one attached hydrogen (secondary N) is 2. The number of fused-ring (bicyclic) bond motifs is 1. The molecule has 0 saturated heterocycles. The first-order chi connectivity index (χ1) is 18.2. The number of furan rings is 1. The van der Waals surface area contributed by atoms with E-state index < -0.39 is 0 Å². The summed E-state index contributed by atoms with van der Waals surface area (Å²) in [6.07, 6.45) is 11.6. The molecule has 0 radical (unpaired) electrons. The molecule has 0 spiro atoms. The lowest BCUT2D eigenvalue weighted by Gasteiger charge is -2.07. The summed E-state index contributed by atoms with van der Waals surface area (Å²) in [4.78, 5) is 20.2. The van der Waals surface area contributed by atoms with E-state index in [0.29, 0.717) is 23.0 Å². The van der Waals surface area contributed by atoms with Gasteiger partial charge in [0.15, 0.2) is 10.2 Å². The number of ether oxygens (including phenoxy) is 1. The van der Waals surface area contributed by atoms with Gasteiger partial charge in [0.05, 0.1) is 23.9 Å². The number of carbonyl (C=O) groups is 1. The van der Waals surface area contributed by atoms with Gasteiger partial charge in [-0.25, -0.2) is 10.4 Å². The molecule has 0 saturated carbocycles. The molecule has 8 heteroatoms. The highest BCUT2D eigenvalue weighted by Crippen LogP contribution is 2.28. The summed E-state index contributed by atoms with van der Waals surface area (Å²) >= 11 is 1.39. The highest BCUT2D eigenvalue weighted by atomic mass is 32.2. The second kappa shape index (κ2) is 14.3. The minimum Gasteiger partial charge on any atom is -0.494 e. The van der Waals surface area contributed by atoms with Crippen molar-refractivity contribution in [2.45, 2.75) is 68.5 Å². The molecule has 0 unspecified atom stereocenters. The number of aromatic nitrogens is 2. The van der Waals surface area contributed by atoms with E-state index in [9.17, 15) is 4.79 Å². The first-order valence-corrected chi connectivity index (χ1v) is 13.8. The maximum absolute atomic E-state index is 12.4. The Morgan fingerprint density at radius 1 is 1.00 bits per heavy atom. The van der Waals surface area contributed by atoms with Crippen LogP contribution in [-0.2, 0) is 0 Å². The van der Waals surface area contributed by atoms with E-state index in [-0.39, 0.29) is 5.91 Å². The molecule has 1 amide bonds. The minimum atomic E-state index is -0.297.